The van der Waals surface area contributed by atoms with Crippen molar-refractivity contribution in [2.45, 2.75) is 37.6 Å². The van der Waals surface area contributed by atoms with Crippen molar-refractivity contribution >= 4 is 29.2 Å². The summed E-state index contributed by atoms with van der Waals surface area (Å²) in [5.74, 6) is 0.390. The van der Waals surface area contributed by atoms with Gasteiger partial charge in [0.15, 0.2) is 0 Å². The van der Waals surface area contributed by atoms with Crippen molar-refractivity contribution in [2.75, 3.05) is 0 Å². The minimum atomic E-state index is -0.799. The molecule has 1 aromatic rings. The van der Waals surface area contributed by atoms with Gasteiger partial charge >= 0.3 is 5.97 Å². The number of alkyl halides is 2. The van der Waals surface area contributed by atoms with E-state index >= 15 is 0 Å². The minimum Gasteiger partial charge on any atom is -0.461 e. The first-order valence-electron chi connectivity index (χ1n) is 7.04. The smallest absolute Gasteiger partial charge is 0.306 e. The van der Waals surface area contributed by atoms with Crippen molar-refractivity contribution in [3.63, 3.8) is 0 Å². The summed E-state index contributed by atoms with van der Waals surface area (Å²) in [5.41, 5.74) is 0.984. The third kappa shape index (κ3) is 3.12. The summed E-state index contributed by atoms with van der Waals surface area (Å²) in [6.07, 6.45) is 1.28. The zero-order chi connectivity index (χ0) is 14.8. The fraction of sp³-hybridized carbons (Fsp3) is 0.562. The molecule has 20 heavy (non-hydrogen) atoms. The Morgan fingerprint density at radius 2 is 1.95 bits per heavy atom. The lowest BCUT2D eigenvalue weighted by molar-refractivity contribution is -0.148. The van der Waals surface area contributed by atoms with Crippen LogP contribution in [0.5, 0.6) is 0 Å². The van der Waals surface area contributed by atoms with E-state index in [-0.39, 0.29) is 17.8 Å². The van der Waals surface area contributed by atoms with Crippen LogP contribution in [0, 0.1) is 17.8 Å². The van der Waals surface area contributed by atoms with Crippen LogP contribution in [-0.4, -0.2) is 10.3 Å². The monoisotopic (exact) mass is 314 g/mol. The van der Waals surface area contributed by atoms with E-state index in [1.165, 1.54) is 0 Å². The Morgan fingerprint density at radius 3 is 2.55 bits per heavy atom. The number of carbonyl (C=O) groups excluding carboxylic acids is 1. The summed E-state index contributed by atoms with van der Waals surface area (Å²) in [7, 11) is 0. The van der Waals surface area contributed by atoms with Crippen LogP contribution < -0.4 is 0 Å². The van der Waals surface area contributed by atoms with Crippen molar-refractivity contribution in [3.05, 3.63) is 35.9 Å². The van der Waals surface area contributed by atoms with Crippen LogP contribution >= 0.6 is 23.2 Å². The maximum atomic E-state index is 11.9. The third-order valence-corrected chi connectivity index (χ3v) is 5.61. The fourth-order valence-corrected chi connectivity index (χ4v) is 3.84. The van der Waals surface area contributed by atoms with Crippen LogP contribution in [0.15, 0.2) is 30.3 Å². The summed E-state index contributed by atoms with van der Waals surface area (Å²) in [6, 6.07) is 9.64. The average molecular weight is 315 g/mol. The molecular formula is C16H20Cl2O2. The number of hydrogen-bond acceptors (Lipinski definition) is 2. The molecule has 3 atom stereocenters. The zero-order valence-corrected chi connectivity index (χ0v) is 13.3. The van der Waals surface area contributed by atoms with E-state index in [1.54, 1.807) is 0 Å². The maximum Gasteiger partial charge on any atom is 0.306 e. The Labute approximate surface area is 130 Å². The van der Waals surface area contributed by atoms with Gasteiger partial charge in [-0.25, -0.2) is 0 Å². The summed E-state index contributed by atoms with van der Waals surface area (Å²) in [5, 5.41) is 0. The van der Waals surface area contributed by atoms with Crippen molar-refractivity contribution in [3.8, 4) is 0 Å². The number of ether oxygens (including phenoxy) is 1. The Morgan fingerprint density at radius 1 is 1.30 bits per heavy atom. The van der Waals surface area contributed by atoms with Gasteiger partial charge in [-0.15, -0.1) is 23.2 Å². The molecule has 2 nitrogen and oxygen atoms in total. The van der Waals surface area contributed by atoms with Gasteiger partial charge in [-0.05, 0) is 17.4 Å². The van der Waals surface area contributed by atoms with E-state index in [0.29, 0.717) is 18.9 Å². The number of rotatable bonds is 5. The van der Waals surface area contributed by atoms with Crippen LogP contribution in [0.25, 0.3) is 0 Å². The zero-order valence-electron chi connectivity index (χ0n) is 11.8. The van der Waals surface area contributed by atoms with Crippen molar-refractivity contribution < 1.29 is 9.53 Å². The molecule has 0 aliphatic heterocycles. The molecule has 2 rings (SSSR count). The van der Waals surface area contributed by atoms with Crippen LogP contribution in [-0.2, 0) is 16.1 Å². The normalized spacial score (nSPS) is 27.7. The molecule has 0 bridgehead atoms. The van der Waals surface area contributed by atoms with Crippen molar-refractivity contribution in [2.24, 2.45) is 17.8 Å². The van der Waals surface area contributed by atoms with Gasteiger partial charge in [0.2, 0.25) is 0 Å². The molecule has 0 amide bonds. The first kappa shape index (κ1) is 15.7. The standard InChI is InChI=1S/C16H20Cl2O2/c1-3-13-11(2)16(17,18)14(13)9-15(19)20-10-12-7-5-4-6-8-12/h4-8,11,13-14H,3,9-10H2,1-2H3/t11?,13-,14+/m0/s1. The molecule has 0 N–H and O–H groups in total. The van der Waals surface area contributed by atoms with Gasteiger partial charge in [0, 0.05) is 5.92 Å². The first-order valence-corrected chi connectivity index (χ1v) is 7.79. The minimum absolute atomic E-state index is 0.00546. The Bertz CT molecular complexity index is 459. The third-order valence-electron chi connectivity index (χ3n) is 4.36. The number of halogens is 2. The van der Waals surface area contributed by atoms with Gasteiger partial charge in [0.1, 0.15) is 10.9 Å². The van der Waals surface area contributed by atoms with Crippen LogP contribution in [0.3, 0.4) is 0 Å². The lowest BCUT2D eigenvalue weighted by Crippen LogP contribution is -2.54. The molecule has 110 valence electrons. The highest BCUT2D eigenvalue weighted by Gasteiger charge is 2.57. The van der Waals surface area contributed by atoms with E-state index in [1.807, 2.05) is 37.3 Å². The summed E-state index contributed by atoms with van der Waals surface area (Å²) >= 11 is 12.6. The highest BCUT2D eigenvalue weighted by Crippen LogP contribution is 2.58. The van der Waals surface area contributed by atoms with E-state index in [0.717, 1.165) is 12.0 Å². The molecule has 0 radical (unpaired) electrons. The molecule has 0 saturated heterocycles. The molecule has 0 heterocycles. The van der Waals surface area contributed by atoms with Crippen LogP contribution in [0.2, 0.25) is 0 Å². The highest BCUT2D eigenvalue weighted by atomic mass is 35.5. The second-order valence-corrected chi connectivity index (χ2v) is 6.94. The highest BCUT2D eigenvalue weighted by molar-refractivity contribution is 6.49. The lowest BCUT2D eigenvalue weighted by Gasteiger charge is -2.53. The predicted molar refractivity (Wildman–Crippen MR) is 81.7 cm³/mol. The van der Waals surface area contributed by atoms with Crippen LogP contribution in [0.4, 0.5) is 0 Å². The SMILES string of the molecule is CC[C@H]1C(C)C(Cl)(Cl)[C@@H]1CC(=O)OCc1ccccc1. The van der Waals surface area contributed by atoms with Gasteiger partial charge < -0.3 is 4.74 Å². The Balaban J connectivity index is 1.85. The molecule has 1 saturated carbocycles. The van der Waals surface area contributed by atoms with Gasteiger partial charge in [0.25, 0.3) is 0 Å². The molecule has 1 aliphatic carbocycles. The van der Waals surface area contributed by atoms with E-state index in [2.05, 4.69) is 6.92 Å². The molecule has 0 aromatic heterocycles. The molecule has 1 fully saturated rings. The molecule has 1 aliphatic rings. The van der Waals surface area contributed by atoms with Gasteiger partial charge in [-0.2, -0.15) is 0 Å². The van der Waals surface area contributed by atoms with E-state index < -0.39 is 4.33 Å². The predicted octanol–water partition coefficient (Wildman–Crippen LogP) is 4.59. The second kappa shape index (κ2) is 6.36. The summed E-state index contributed by atoms with van der Waals surface area (Å²) in [6.45, 7) is 4.45. The van der Waals surface area contributed by atoms with Crippen molar-refractivity contribution in [1.29, 1.82) is 0 Å². The largest absolute Gasteiger partial charge is 0.461 e. The summed E-state index contributed by atoms with van der Waals surface area (Å²) in [4.78, 5) is 11.9. The Hall–Kier alpha value is -0.730. The second-order valence-electron chi connectivity index (χ2n) is 5.49. The number of carbonyl (C=O) groups is 1. The van der Waals surface area contributed by atoms with E-state index in [9.17, 15) is 4.79 Å². The number of esters is 1. The molecular weight excluding hydrogens is 295 g/mol. The van der Waals surface area contributed by atoms with Crippen LogP contribution in [0.1, 0.15) is 32.3 Å². The Kier molecular flexibility index (Phi) is 4.98. The lowest BCUT2D eigenvalue weighted by atomic mass is 9.62. The average Bonchev–Trinajstić information content (AvgIpc) is 2.46. The summed E-state index contributed by atoms with van der Waals surface area (Å²) < 4.78 is 4.50. The molecule has 1 unspecified atom stereocenters. The number of hydrogen-bond donors (Lipinski definition) is 0. The first-order chi connectivity index (χ1) is 9.46. The quantitative estimate of drug-likeness (QED) is 0.587. The molecule has 0 spiro atoms. The van der Waals surface area contributed by atoms with Crippen molar-refractivity contribution in [1.82, 2.24) is 0 Å². The molecule has 1 aromatic carbocycles. The fourth-order valence-electron chi connectivity index (χ4n) is 3.04. The number of benzene rings is 1. The van der Waals surface area contributed by atoms with Gasteiger partial charge in [-0.3, -0.25) is 4.79 Å². The molecule has 4 heteroatoms. The van der Waals surface area contributed by atoms with Gasteiger partial charge in [-0.1, -0.05) is 50.6 Å². The van der Waals surface area contributed by atoms with Gasteiger partial charge in [0.05, 0.1) is 6.42 Å². The van der Waals surface area contributed by atoms with E-state index in [4.69, 9.17) is 27.9 Å². The topological polar surface area (TPSA) is 26.3 Å². The maximum absolute atomic E-state index is 11.9.